The Hall–Kier alpha value is -2.02. The Labute approximate surface area is 114 Å². The largest absolute Gasteiger partial charge is 0.495 e. The summed E-state index contributed by atoms with van der Waals surface area (Å²) < 4.78 is 5.29. The molecule has 0 aliphatic rings. The molecule has 1 aromatic rings. The number of nitrogens with one attached hydrogen (secondary N) is 1. The van der Waals surface area contributed by atoms with E-state index in [4.69, 9.17) is 10.00 Å². The minimum atomic E-state index is -0.630. The summed E-state index contributed by atoms with van der Waals surface area (Å²) in [6.07, 6.45) is 0.495. The molecule has 19 heavy (non-hydrogen) atoms. The Morgan fingerprint density at radius 1 is 1.47 bits per heavy atom. The lowest BCUT2D eigenvalue weighted by Gasteiger charge is -2.14. The SMILES string of the molecule is CCC(C#N)C(=O)Nc1ccc(C(C)C)cc1OC. The monoisotopic (exact) mass is 260 g/mol. The van der Waals surface area contributed by atoms with E-state index in [1.165, 1.54) is 0 Å². The van der Waals surface area contributed by atoms with Crippen molar-refractivity contribution in [1.29, 1.82) is 5.26 Å². The minimum absolute atomic E-state index is 0.291. The third-order valence-electron chi connectivity index (χ3n) is 3.03. The topological polar surface area (TPSA) is 62.1 Å². The van der Waals surface area contributed by atoms with Crippen LogP contribution in [0.3, 0.4) is 0 Å². The second-order valence-electron chi connectivity index (χ2n) is 4.69. The molecule has 1 N–H and O–H groups in total. The van der Waals surface area contributed by atoms with Crippen LogP contribution in [-0.4, -0.2) is 13.0 Å². The molecule has 0 heterocycles. The summed E-state index contributed by atoms with van der Waals surface area (Å²) in [5.74, 6) is 0.0866. The van der Waals surface area contributed by atoms with Crippen LogP contribution in [0, 0.1) is 17.2 Å². The Bertz CT molecular complexity index is 489. The third-order valence-corrected chi connectivity index (χ3v) is 3.03. The van der Waals surface area contributed by atoms with Gasteiger partial charge in [-0.15, -0.1) is 0 Å². The van der Waals surface area contributed by atoms with Crippen LogP contribution in [-0.2, 0) is 4.79 Å². The molecule has 1 amide bonds. The first kappa shape index (κ1) is 15.0. The number of rotatable bonds is 5. The van der Waals surface area contributed by atoms with E-state index in [2.05, 4.69) is 19.2 Å². The van der Waals surface area contributed by atoms with E-state index in [-0.39, 0.29) is 5.91 Å². The van der Waals surface area contributed by atoms with Gasteiger partial charge in [0.25, 0.3) is 0 Å². The van der Waals surface area contributed by atoms with Gasteiger partial charge in [0.05, 0.1) is 18.9 Å². The van der Waals surface area contributed by atoms with Gasteiger partial charge in [0.1, 0.15) is 11.7 Å². The second kappa shape index (κ2) is 6.79. The van der Waals surface area contributed by atoms with Crippen molar-refractivity contribution in [3.63, 3.8) is 0 Å². The number of methoxy groups -OCH3 is 1. The molecule has 0 aromatic heterocycles. The zero-order chi connectivity index (χ0) is 14.4. The van der Waals surface area contributed by atoms with Crippen LogP contribution in [0.15, 0.2) is 18.2 Å². The van der Waals surface area contributed by atoms with Crippen molar-refractivity contribution >= 4 is 11.6 Å². The van der Waals surface area contributed by atoms with Crippen molar-refractivity contribution < 1.29 is 9.53 Å². The van der Waals surface area contributed by atoms with Gasteiger partial charge in [0.2, 0.25) is 5.91 Å². The molecule has 0 bridgehead atoms. The van der Waals surface area contributed by atoms with E-state index in [0.29, 0.717) is 23.8 Å². The molecule has 0 saturated carbocycles. The molecule has 0 radical (unpaired) electrons. The van der Waals surface area contributed by atoms with Crippen LogP contribution < -0.4 is 10.1 Å². The number of carbonyl (C=O) groups excluding carboxylic acids is 1. The van der Waals surface area contributed by atoms with Crippen molar-refractivity contribution in [1.82, 2.24) is 0 Å². The summed E-state index contributed by atoms with van der Waals surface area (Å²) in [5.41, 5.74) is 1.74. The van der Waals surface area contributed by atoms with E-state index in [1.807, 2.05) is 31.2 Å². The van der Waals surface area contributed by atoms with E-state index < -0.39 is 5.92 Å². The average molecular weight is 260 g/mol. The second-order valence-corrected chi connectivity index (χ2v) is 4.69. The number of hydrogen-bond donors (Lipinski definition) is 1. The third kappa shape index (κ3) is 3.72. The summed E-state index contributed by atoms with van der Waals surface area (Å²) in [4.78, 5) is 11.9. The van der Waals surface area contributed by atoms with Crippen LogP contribution in [0.4, 0.5) is 5.69 Å². The van der Waals surface area contributed by atoms with Gasteiger partial charge in [0, 0.05) is 0 Å². The lowest BCUT2D eigenvalue weighted by molar-refractivity contribution is -0.118. The Morgan fingerprint density at radius 3 is 2.63 bits per heavy atom. The normalized spacial score (nSPS) is 11.8. The number of amides is 1. The van der Waals surface area contributed by atoms with Gasteiger partial charge < -0.3 is 10.1 Å². The quantitative estimate of drug-likeness (QED) is 0.883. The fourth-order valence-electron chi connectivity index (χ4n) is 1.73. The van der Waals surface area contributed by atoms with Crippen molar-refractivity contribution in [2.45, 2.75) is 33.1 Å². The summed E-state index contributed by atoms with van der Waals surface area (Å²) in [6.45, 7) is 6.00. The molecule has 0 saturated heterocycles. The first-order chi connectivity index (χ1) is 9.03. The van der Waals surface area contributed by atoms with Crippen molar-refractivity contribution in [3.05, 3.63) is 23.8 Å². The van der Waals surface area contributed by atoms with Crippen molar-refractivity contribution in [2.75, 3.05) is 12.4 Å². The fraction of sp³-hybridized carbons (Fsp3) is 0.467. The highest BCUT2D eigenvalue weighted by Gasteiger charge is 2.17. The number of hydrogen-bond acceptors (Lipinski definition) is 3. The predicted octanol–water partition coefficient (Wildman–Crippen LogP) is 3.31. The molecular weight excluding hydrogens is 240 g/mol. The standard InChI is InChI=1S/C15H20N2O2/c1-5-11(9-16)15(18)17-13-7-6-12(10(2)3)8-14(13)19-4/h6-8,10-11H,5H2,1-4H3,(H,17,18). The average Bonchev–Trinajstić information content (AvgIpc) is 2.40. The Kier molecular flexibility index (Phi) is 5.37. The van der Waals surface area contributed by atoms with Crippen LogP contribution in [0.2, 0.25) is 0 Å². The summed E-state index contributed by atoms with van der Waals surface area (Å²) in [5, 5.41) is 11.6. The molecule has 0 aliphatic carbocycles. The van der Waals surface area contributed by atoms with Gasteiger partial charge in [-0.25, -0.2) is 0 Å². The van der Waals surface area contributed by atoms with Crippen molar-refractivity contribution in [3.8, 4) is 11.8 Å². The molecule has 4 heteroatoms. The van der Waals surface area contributed by atoms with Crippen LogP contribution in [0.25, 0.3) is 0 Å². The smallest absolute Gasteiger partial charge is 0.241 e. The maximum Gasteiger partial charge on any atom is 0.241 e. The van der Waals surface area contributed by atoms with Gasteiger partial charge in [-0.05, 0) is 30.0 Å². The van der Waals surface area contributed by atoms with Gasteiger partial charge >= 0.3 is 0 Å². The highest BCUT2D eigenvalue weighted by Crippen LogP contribution is 2.29. The first-order valence-electron chi connectivity index (χ1n) is 6.41. The minimum Gasteiger partial charge on any atom is -0.495 e. The number of nitriles is 1. The highest BCUT2D eigenvalue weighted by atomic mass is 16.5. The molecule has 1 rings (SSSR count). The Balaban J connectivity index is 2.96. The van der Waals surface area contributed by atoms with E-state index >= 15 is 0 Å². The zero-order valence-corrected chi connectivity index (χ0v) is 11.9. The molecule has 102 valence electrons. The van der Waals surface area contributed by atoms with E-state index in [9.17, 15) is 4.79 Å². The summed E-state index contributed by atoms with van der Waals surface area (Å²) in [7, 11) is 1.57. The predicted molar refractivity (Wildman–Crippen MR) is 75.1 cm³/mol. The molecule has 0 spiro atoms. The fourth-order valence-corrected chi connectivity index (χ4v) is 1.73. The number of nitrogens with zero attached hydrogens (tertiary/aromatic N) is 1. The van der Waals surface area contributed by atoms with E-state index in [1.54, 1.807) is 7.11 Å². The molecule has 0 aliphatic heterocycles. The molecule has 1 aromatic carbocycles. The van der Waals surface area contributed by atoms with Gasteiger partial charge in [-0.3, -0.25) is 4.79 Å². The maximum absolute atomic E-state index is 11.9. The molecule has 0 fully saturated rings. The summed E-state index contributed by atoms with van der Waals surface area (Å²) >= 11 is 0. The van der Waals surface area contributed by atoms with Crippen molar-refractivity contribution in [2.24, 2.45) is 5.92 Å². The maximum atomic E-state index is 11.9. The molecule has 1 unspecified atom stereocenters. The van der Waals surface area contributed by atoms with Crippen LogP contribution in [0.5, 0.6) is 5.75 Å². The number of benzene rings is 1. The van der Waals surface area contributed by atoms with Crippen LogP contribution in [0.1, 0.15) is 38.7 Å². The molecular formula is C15H20N2O2. The first-order valence-corrected chi connectivity index (χ1v) is 6.41. The highest BCUT2D eigenvalue weighted by molar-refractivity contribution is 5.95. The zero-order valence-electron chi connectivity index (χ0n) is 11.9. The number of anilines is 1. The number of ether oxygens (including phenoxy) is 1. The van der Waals surface area contributed by atoms with Gasteiger partial charge in [0.15, 0.2) is 0 Å². The molecule has 1 atom stereocenters. The molecule has 4 nitrogen and oxygen atoms in total. The lowest BCUT2D eigenvalue weighted by atomic mass is 10.0. The lowest BCUT2D eigenvalue weighted by Crippen LogP contribution is -2.21. The summed E-state index contributed by atoms with van der Waals surface area (Å²) in [6, 6.07) is 7.67. The van der Waals surface area contributed by atoms with Gasteiger partial charge in [-0.2, -0.15) is 5.26 Å². The number of carbonyl (C=O) groups is 1. The van der Waals surface area contributed by atoms with E-state index in [0.717, 1.165) is 5.56 Å². The van der Waals surface area contributed by atoms with Gasteiger partial charge in [-0.1, -0.05) is 26.8 Å². The van der Waals surface area contributed by atoms with Crippen LogP contribution >= 0.6 is 0 Å². The Morgan fingerprint density at radius 2 is 2.16 bits per heavy atom.